The van der Waals surface area contributed by atoms with Gasteiger partial charge in [0.2, 0.25) is 0 Å². The fraction of sp³-hybridized carbons (Fsp3) is 0.500. The first kappa shape index (κ1) is 23.6. The van der Waals surface area contributed by atoms with Gasteiger partial charge in [0.1, 0.15) is 24.2 Å². The third kappa shape index (κ3) is 5.77. The number of nitrogens with two attached hydrogens (primary N) is 1. The molecule has 10 heteroatoms. The minimum Gasteiger partial charge on any atom is -0.496 e. The summed E-state index contributed by atoms with van der Waals surface area (Å²) in [7, 11) is 3.52. The lowest BCUT2D eigenvalue weighted by atomic mass is 10.1. The molecule has 0 saturated carbocycles. The number of nitrogen functional groups attached to an aromatic ring is 1. The maximum absolute atomic E-state index is 9.30. The zero-order valence-electron chi connectivity index (χ0n) is 18.9. The number of aliphatic hydroxyl groups is 1. The van der Waals surface area contributed by atoms with E-state index in [1.165, 1.54) is 0 Å². The monoisotopic (exact) mass is 444 g/mol. The van der Waals surface area contributed by atoms with Crippen LogP contribution < -0.4 is 25.3 Å². The van der Waals surface area contributed by atoms with Crippen LogP contribution in [0.15, 0.2) is 24.4 Å². The number of hydrogen-bond donors (Lipinski definition) is 3. The molecule has 10 nitrogen and oxygen atoms in total. The first-order chi connectivity index (χ1) is 15.6. The van der Waals surface area contributed by atoms with E-state index < -0.39 is 0 Å². The summed E-state index contributed by atoms with van der Waals surface area (Å²) in [5.41, 5.74) is 8.32. The summed E-state index contributed by atoms with van der Waals surface area (Å²) >= 11 is 0. The fourth-order valence-corrected chi connectivity index (χ4v) is 3.42. The van der Waals surface area contributed by atoms with E-state index in [2.05, 4.69) is 27.3 Å². The topological polar surface area (TPSA) is 129 Å². The standard InChI is InChI=1S/C22H32N6O4/c1-4-5-17(8-10-29)32-22-26-20(23)21-25-14-16(28(21)27-22)12-15-13-18(31-11-9-24-2)6-7-19(15)30-3/h6-7,13-14,17,24,29H,4-5,8-12H2,1-3H3,(H2,23,26,27). The predicted molar refractivity (Wildman–Crippen MR) is 121 cm³/mol. The van der Waals surface area contributed by atoms with Crippen molar-refractivity contribution in [3.05, 3.63) is 35.7 Å². The molecule has 1 unspecified atom stereocenters. The highest BCUT2D eigenvalue weighted by atomic mass is 16.5. The molecule has 1 atom stereocenters. The Kier molecular flexibility index (Phi) is 8.46. The van der Waals surface area contributed by atoms with Gasteiger partial charge in [-0.2, -0.15) is 4.98 Å². The molecule has 1 aromatic carbocycles. The normalized spacial score (nSPS) is 12.1. The van der Waals surface area contributed by atoms with Crippen LogP contribution in [0.1, 0.15) is 37.4 Å². The number of imidazole rings is 1. The minimum atomic E-state index is -0.180. The Morgan fingerprint density at radius 3 is 2.84 bits per heavy atom. The highest BCUT2D eigenvalue weighted by Crippen LogP contribution is 2.27. The number of fused-ring (bicyclic) bond motifs is 1. The molecule has 0 bridgehead atoms. The molecule has 3 aromatic rings. The van der Waals surface area contributed by atoms with Crippen LogP contribution in [0.4, 0.5) is 5.82 Å². The van der Waals surface area contributed by atoms with Crippen LogP contribution in [-0.2, 0) is 6.42 Å². The van der Waals surface area contributed by atoms with Gasteiger partial charge < -0.3 is 30.4 Å². The molecule has 0 fully saturated rings. The molecule has 0 saturated heterocycles. The largest absolute Gasteiger partial charge is 0.496 e. The van der Waals surface area contributed by atoms with Gasteiger partial charge in [-0.05, 0) is 31.7 Å². The Labute approximate surface area is 187 Å². The zero-order chi connectivity index (χ0) is 22.9. The number of aromatic nitrogens is 4. The van der Waals surface area contributed by atoms with Gasteiger partial charge in [-0.15, -0.1) is 5.10 Å². The summed E-state index contributed by atoms with van der Waals surface area (Å²) in [6.07, 6.45) is 4.25. The smallest absolute Gasteiger partial charge is 0.336 e. The van der Waals surface area contributed by atoms with Crippen molar-refractivity contribution in [3.8, 4) is 17.5 Å². The maximum Gasteiger partial charge on any atom is 0.336 e. The van der Waals surface area contributed by atoms with E-state index in [1.807, 2.05) is 25.2 Å². The molecule has 3 rings (SSSR count). The van der Waals surface area contributed by atoms with Crippen molar-refractivity contribution in [1.29, 1.82) is 0 Å². The average Bonchev–Trinajstić information content (AvgIpc) is 3.18. The molecule has 32 heavy (non-hydrogen) atoms. The number of likely N-dealkylation sites (N-methyl/N-ethyl adjacent to an activating group) is 1. The number of benzene rings is 1. The summed E-state index contributed by atoms with van der Waals surface area (Å²) in [6.45, 7) is 3.41. The van der Waals surface area contributed by atoms with Gasteiger partial charge in [0.15, 0.2) is 11.5 Å². The number of rotatable bonds is 13. The maximum atomic E-state index is 9.30. The Balaban J connectivity index is 1.89. The number of anilines is 1. The highest BCUT2D eigenvalue weighted by Gasteiger charge is 2.17. The van der Waals surface area contributed by atoms with Crippen LogP contribution in [0, 0.1) is 0 Å². The molecule has 0 aliphatic carbocycles. The SMILES string of the molecule is CCCC(CCO)Oc1nc(N)c2ncc(Cc3cc(OCCNC)ccc3OC)n2n1. The Morgan fingerprint density at radius 2 is 2.12 bits per heavy atom. The molecule has 0 aliphatic heterocycles. The average molecular weight is 445 g/mol. The van der Waals surface area contributed by atoms with Gasteiger partial charge in [0.25, 0.3) is 0 Å². The van der Waals surface area contributed by atoms with Crippen molar-refractivity contribution < 1.29 is 19.3 Å². The van der Waals surface area contributed by atoms with Crippen molar-refractivity contribution in [2.24, 2.45) is 0 Å². The van der Waals surface area contributed by atoms with E-state index in [4.69, 9.17) is 19.9 Å². The first-order valence-electron chi connectivity index (χ1n) is 10.8. The predicted octanol–water partition coefficient (Wildman–Crippen LogP) is 1.83. The van der Waals surface area contributed by atoms with Crippen LogP contribution in [0.5, 0.6) is 17.5 Å². The zero-order valence-corrected chi connectivity index (χ0v) is 18.9. The van der Waals surface area contributed by atoms with Crippen LogP contribution in [0.3, 0.4) is 0 Å². The fourth-order valence-electron chi connectivity index (χ4n) is 3.42. The van der Waals surface area contributed by atoms with Crippen LogP contribution >= 0.6 is 0 Å². The number of ether oxygens (including phenoxy) is 3. The number of methoxy groups -OCH3 is 1. The summed E-state index contributed by atoms with van der Waals surface area (Å²) in [5.74, 6) is 1.73. The van der Waals surface area contributed by atoms with Crippen LogP contribution in [0.25, 0.3) is 5.65 Å². The molecule has 0 spiro atoms. The van der Waals surface area contributed by atoms with Crippen molar-refractivity contribution in [2.75, 3.05) is 39.6 Å². The second kappa shape index (κ2) is 11.5. The van der Waals surface area contributed by atoms with Crippen molar-refractivity contribution in [1.82, 2.24) is 24.9 Å². The van der Waals surface area contributed by atoms with Gasteiger partial charge in [-0.1, -0.05) is 13.3 Å². The lowest BCUT2D eigenvalue weighted by Crippen LogP contribution is -2.20. The molecule has 0 radical (unpaired) electrons. The molecular weight excluding hydrogens is 412 g/mol. The quantitative estimate of drug-likeness (QED) is 0.338. The number of hydrogen-bond acceptors (Lipinski definition) is 9. The van der Waals surface area contributed by atoms with E-state index in [1.54, 1.807) is 17.8 Å². The van der Waals surface area contributed by atoms with Gasteiger partial charge in [0, 0.05) is 31.6 Å². The molecule has 4 N–H and O–H groups in total. The van der Waals surface area contributed by atoms with Crippen LogP contribution in [0.2, 0.25) is 0 Å². The van der Waals surface area contributed by atoms with E-state index in [-0.39, 0.29) is 24.5 Å². The third-order valence-corrected chi connectivity index (χ3v) is 5.02. The number of aliphatic hydroxyl groups excluding tert-OH is 1. The summed E-state index contributed by atoms with van der Waals surface area (Å²) in [4.78, 5) is 8.63. The number of nitrogens with one attached hydrogen (secondary N) is 1. The van der Waals surface area contributed by atoms with Gasteiger partial charge in [-0.3, -0.25) is 0 Å². The second-order valence-corrected chi connectivity index (χ2v) is 7.41. The lowest BCUT2D eigenvalue weighted by Gasteiger charge is -2.16. The first-order valence-corrected chi connectivity index (χ1v) is 10.8. The van der Waals surface area contributed by atoms with E-state index >= 15 is 0 Å². The lowest BCUT2D eigenvalue weighted by molar-refractivity contribution is 0.133. The molecular formula is C22H32N6O4. The highest BCUT2D eigenvalue weighted by molar-refractivity contribution is 5.60. The van der Waals surface area contributed by atoms with E-state index in [0.29, 0.717) is 25.1 Å². The van der Waals surface area contributed by atoms with Crippen molar-refractivity contribution in [2.45, 2.75) is 38.7 Å². The Hall–Kier alpha value is -3.11. The molecule has 174 valence electrons. The molecule has 2 heterocycles. The van der Waals surface area contributed by atoms with E-state index in [9.17, 15) is 5.11 Å². The van der Waals surface area contributed by atoms with E-state index in [0.717, 1.165) is 42.1 Å². The van der Waals surface area contributed by atoms with Gasteiger partial charge in [-0.25, -0.2) is 9.50 Å². The minimum absolute atomic E-state index is 0.0330. The Bertz CT molecular complexity index is 1000. The second-order valence-electron chi connectivity index (χ2n) is 7.41. The summed E-state index contributed by atoms with van der Waals surface area (Å²) in [5, 5.41) is 16.9. The third-order valence-electron chi connectivity index (χ3n) is 5.02. The number of nitrogens with zero attached hydrogens (tertiary/aromatic N) is 4. The van der Waals surface area contributed by atoms with Gasteiger partial charge >= 0.3 is 6.01 Å². The van der Waals surface area contributed by atoms with Crippen molar-refractivity contribution >= 4 is 11.5 Å². The molecule has 0 aliphatic rings. The van der Waals surface area contributed by atoms with Gasteiger partial charge in [0.05, 0.1) is 19.0 Å². The van der Waals surface area contributed by atoms with Crippen molar-refractivity contribution in [3.63, 3.8) is 0 Å². The molecule has 2 aromatic heterocycles. The summed E-state index contributed by atoms with van der Waals surface area (Å²) in [6, 6.07) is 5.88. The van der Waals surface area contributed by atoms with Crippen LogP contribution in [-0.4, -0.2) is 64.7 Å². The Morgan fingerprint density at radius 1 is 1.28 bits per heavy atom. The summed E-state index contributed by atoms with van der Waals surface area (Å²) < 4.78 is 18.9. The molecule has 0 amide bonds.